The third kappa shape index (κ3) is 4.23. The highest BCUT2D eigenvalue weighted by Crippen LogP contribution is 2.17. The number of fused-ring (bicyclic) bond motifs is 1. The molecule has 0 spiro atoms. The minimum Gasteiger partial charge on any atom is -0.353 e. The summed E-state index contributed by atoms with van der Waals surface area (Å²) in [5, 5.41) is 7.73. The van der Waals surface area contributed by atoms with Crippen LogP contribution in [-0.2, 0) is 11.2 Å². The van der Waals surface area contributed by atoms with E-state index in [1.54, 1.807) is 0 Å². The first-order valence-electron chi connectivity index (χ1n) is 9.82. The lowest BCUT2D eigenvalue weighted by Crippen LogP contribution is -2.44. The lowest BCUT2D eigenvalue weighted by atomic mass is 10.0. The Hall–Kier alpha value is -1.95. The van der Waals surface area contributed by atoms with Crippen LogP contribution < -0.4 is 5.32 Å². The highest BCUT2D eigenvalue weighted by atomic mass is 16.1. The number of rotatable bonds is 6. The fourth-order valence-electron chi connectivity index (χ4n) is 3.96. The average molecular weight is 358 g/mol. The largest absolute Gasteiger partial charge is 0.353 e. The molecular formula is C20H31N5O. The normalized spacial score (nSPS) is 16.3. The summed E-state index contributed by atoms with van der Waals surface area (Å²) in [6.45, 7) is 11.6. The van der Waals surface area contributed by atoms with E-state index in [4.69, 9.17) is 0 Å². The van der Waals surface area contributed by atoms with Crippen molar-refractivity contribution in [3.8, 4) is 0 Å². The van der Waals surface area contributed by atoms with E-state index in [-0.39, 0.29) is 5.91 Å². The van der Waals surface area contributed by atoms with Crippen LogP contribution in [0.5, 0.6) is 0 Å². The summed E-state index contributed by atoms with van der Waals surface area (Å²) in [7, 11) is 0. The van der Waals surface area contributed by atoms with Crippen molar-refractivity contribution in [3.05, 3.63) is 28.7 Å². The van der Waals surface area contributed by atoms with Crippen LogP contribution in [0.15, 0.2) is 6.07 Å². The number of hydrogen-bond donors (Lipinski definition) is 1. The zero-order valence-electron chi connectivity index (χ0n) is 16.5. The van der Waals surface area contributed by atoms with Crippen molar-refractivity contribution in [2.45, 2.75) is 65.8 Å². The lowest BCUT2D eigenvalue weighted by molar-refractivity contribution is -0.122. The summed E-state index contributed by atoms with van der Waals surface area (Å²) >= 11 is 0. The first-order valence-corrected chi connectivity index (χ1v) is 9.82. The topological polar surface area (TPSA) is 62.5 Å². The smallest absolute Gasteiger partial charge is 0.220 e. The van der Waals surface area contributed by atoms with E-state index in [2.05, 4.69) is 34.1 Å². The van der Waals surface area contributed by atoms with Crippen LogP contribution >= 0.6 is 0 Å². The summed E-state index contributed by atoms with van der Waals surface area (Å²) in [5.41, 5.74) is 5.05. The molecule has 1 fully saturated rings. The highest BCUT2D eigenvalue weighted by Gasteiger charge is 2.20. The predicted octanol–water partition coefficient (Wildman–Crippen LogP) is 2.58. The molecule has 142 valence electrons. The van der Waals surface area contributed by atoms with Gasteiger partial charge in [-0.25, -0.2) is 9.50 Å². The maximum atomic E-state index is 12.4. The Bertz CT molecular complexity index is 774. The first-order chi connectivity index (χ1) is 12.5. The summed E-state index contributed by atoms with van der Waals surface area (Å²) in [6.07, 6.45) is 4.53. The number of likely N-dealkylation sites (tertiary alicyclic amines) is 1. The van der Waals surface area contributed by atoms with Gasteiger partial charge >= 0.3 is 0 Å². The molecule has 1 saturated heterocycles. The van der Waals surface area contributed by atoms with Crippen molar-refractivity contribution in [2.24, 2.45) is 0 Å². The lowest BCUT2D eigenvalue weighted by Gasteiger charge is -2.32. The van der Waals surface area contributed by atoms with Crippen molar-refractivity contribution in [3.63, 3.8) is 0 Å². The monoisotopic (exact) mass is 357 g/mol. The Labute approximate surface area is 156 Å². The van der Waals surface area contributed by atoms with E-state index in [0.29, 0.717) is 18.9 Å². The van der Waals surface area contributed by atoms with Gasteiger partial charge in [0, 0.05) is 43.0 Å². The van der Waals surface area contributed by atoms with Crippen molar-refractivity contribution in [2.75, 3.05) is 19.6 Å². The molecule has 1 amide bonds. The fraction of sp³-hybridized carbons (Fsp3) is 0.650. The van der Waals surface area contributed by atoms with Crippen LogP contribution in [0.4, 0.5) is 0 Å². The van der Waals surface area contributed by atoms with Gasteiger partial charge < -0.3 is 10.2 Å². The van der Waals surface area contributed by atoms with Crippen molar-refractivity contribution < 1.29 is 4.79 Å². The van der Waals surface area contributed by atoms with Gasteiger partial charge in [0.1, 0.15) is 0 Å². The van der Waals surface area contributed by atoms with Gasteiger partial charge in [-0.05, 0) is 58.6 Å². The number of aromatic nitrogens is 3. The van der Waals surface area contributed by atoms with Gasteiger partial charge in [0.05, 0.1) is 5.69 Å². The Morgan fingerprint density at radius 3 is 2.69 bits per heavy atom. The Morgan fingerprint density at radius 1 is 1.27 bits per heavy atom. The third-order valence-electron chi connectivity index (χ3n) is 5.38. The number of amides is 1. The molecule has 0 saturated carbocycles. The van der Waals surface area contributed by atoms with Gasteiger partial charge in [0.15, 0.2) is 5.65 Å². The molecule has 1 N–H and O–H groups in total. The second-order valence-corrected chi connectivity index (χ2v) is 7.50. The molecule has 0 aromatic carbocycles. The Kier molecular flexibility index (Phi) is 5.91. The molecule has 1 aliphatic rings. The van der Waals surface area contributed by atoms with Crippen LogP contribution in [0.1, 0.15) is 55.3 Å². The molecule has 3 heterocycles. The number of piperidine rings is 1. The van der Waals surface area contributed by atoms with Crippen LogP contribution in [0, 0.1) is 20.8 Å². The zero-order chi connectivity index (χ0) is 18.7. The van der Waals surface area contributed by atoms with Gasteiger partial charge in [-0.15, -0.1) is 0 Å². The van der Waals surface area contributed by atoms with Gasteiger partial charge in [-0.2, -0.15) is 5.10 Å². The number of nitrogens with one attached hydrogen (secondary N) is 1. The van der Waals surface area contributed by atoms with E-state index >= 15 is 0 Å². The highest BCUT2D eigenvalue weighted by molar-refractivity contribution is 5.76. The van der Waals surface area contributed by atoms with Gasteiger partial charge in [-0.3, -0.25) is 4.79 Å². The second-order valence-electron chi connectivity index (χ2n) is 7.50. The molecule has 0 atom stereocenters. The van der Waals surface area contributed by atoms with Gasteiger partial charge in [0.25, 0.3) is 0 Å². The Balaban J connectivity index is 1.56. The standard InChI is InChI=1S/C20H31N5O/c1-5-10-24-11-8-17(9-12-24)22-20(26)7-6-18-15(3)21-19-13-14(2)23-25(19)16(18)4/h13,17H,5-12H2,1-4H3,(H,22,26). The second kappa shape index (κ2) is 8.16. The van der Waals surface area contributed by atoms with Crippen molar-refractivity contribution in [1.29, 1.82) is 0 Å². The van der Waals surface area contributed by atoms with Crippen LogP contribution in [0.3, 0.4) is 0 Å². The summed E-state index contributed by atoms with van der Waals surface area (Å²) in [5.74, 6) is 0.148. The molecule has 2 aromatic rings. The maximum absolute atomic E-state index is 12.4. The van der Waals surface area contributed by atoms with Crippen molar-refractivity contribution in [1.82, 2.24) is 24.8 Å². The molecule has 3 rings (SSSR count). The number of hydrogen-bond acceptors (Lipinski definition) is 4. The van der Waals surface area contributed by atoms with E-state index < -0.39 is 0 Å². The number of carbonyl (C=O) groups excluding carboxylic acids is 1. The molecule has 0 unspecified atom stereocenters. The summed E-state index contributed by atoms with van der Waals surface area (Å²) in [6, 6.07) is 2.31. The number of carbonyl (C=O) groups is 1. The SMILES string of the molecule is CCCN1CCC(NC(=O)CCc2c(C)nc3cc(C)nn3c2C)CC1. The molecule has 1 aliphatic heterocycles. The first kappa shape index (κ1) is 18.8. The maximum Gasteiger partial charge on any atom is 0.220 e. The van der Waals surface area contributed by atoms with E-state index in [1.807, 2.05) is 24.4 Å². The molecule has 6 nitrogen and oxygen atoms in total. The molecule has 26 heavy (non-hydrogen) atoms. The van der Waals surface area contributed by atoms with Crippen LogP contribution in [-0.4, -0.2) is 51.1 Å². The zero-order valence-corrected chi connectivity index (χ0v) is 16.5. The minimum absolute atomic E-state index is 0.148. The molecule has 6 heteroatoms. The van der Waals surface area contributed by atoms with E-state index in [9.17, 15) is 4.79 Å². The Morgan fingerprint density at radius 2 is 2.00 bits per heavy atom. The average Bonchev–Trinajstić information content (AvgIpc) is 2.97. The number of nitrogens with zero attached hydrogens (tertiary/aromatic N) is 4. The predicted molar refractivity (Wildman–Crippen MR) is 103 cm³/mol. The fourth-order valence-corrected chi connectivity index (χ4v) is 3.96. The molecule has 0 radical (unpaired) electrons. The summed E-state index contributed by atoms with van der Waals surface area (Å²) in [4.78, 5) is 19.5. The number of aryl methyl sites for hydroxylation is 3. The van der Waals surface area contributed by atoms with E-state index in [1.165, 1.54) is 13.0 Å². The molecule has 2 aromatic heterocycles. The van der Waals surface area contributed by atoms with Crippen LogP contribution in [0.25, 0.3) is 5.65 Å². The van der Waals surface area contributed by atoms with Crippen LogP contribution in [0.2, 0.25) is 0 Å². The molecule has 0 aliphatic carbocycles. The quantitative estimate of drug-likeness (QED) is 0.863. The van der Waals surface area contributed by atoms with Crippen molar-refractivity contribution >= 4 is 11.6 Å². The van der Waals surface area contributed by atoms with E-state index in [0.717, 1.165) is 54.2 Å². The van der Waals surface area contributed by atoms with Gasteiger partial charge in [-0.1, -0.05) is 6.92 Å². The molecule has 0 bridgehead atoms. The minimum atomic E-state index is 0.148. The molecular weight excluding hydrogens is 326 g/mol. The summed E-state index contributed by atoms with van der Waals surface area (Å²) < 4.78 is 1.89. The van der Waals surface area contributed by atoms with Gasteiger partial charge in [0.2, 0.25) is 5.91 Å². The third-order valence-corrected chi connectivity index (χ3v) is 5.38.